The van der Waals surface area contributed by atoms with Crippen molar-refractivity contribution in [1.29, 1.82) is 0 Å². The Balaban J connectivity index is 1.44. The first-order valence-corrected chi connectivity index (χ1v) is 12.7. The molecule has 1 aromatic carbocycles. The number of benzene rings is 1. The molecule has 0 aliphatic heterocycles. The molecule has 42 heavy (non-hydrogen) atoms. The predicted molar refractivity (Wildman–Crippen MR) is 143 cm³/mol. The molecule has 17 heteroatoms. The Morgan fingerprint density at radius 1 is 1.14 bits per heavy atom. The summed E-state index contributed by atoms with van der Waals surface area (Å²) >= 11 is 5.92. The smallest absolute Gasteiger partial charge is 0.382 e. The standard InChI is InChI=1S/C25H22ClF3N10O3/c1-13-20(14(2)34-33-13)23(41)32-21-17(4-3-9-30-21)39-12-31-19(35-39)11-38-24(42)37(10-18(40)25(27,28)29)22(36-38)15-5-7-16(26)8-6-15/h3-9,12,18,40H,10-11H2,1-2H3,(H,33,34)(H,30,32,41)/t18-/m0/s1. The van der Waals surface area contributed by atoms with Crippen molar-refractivity contribution in [3.8, 4) is 17.1 Å². The minimum atomic E-state index is -4.95. The van der Waals surface area contributed by atoms with E-state index in [2.05, 4.69) is 35.7 Å². The van der Waals surface area contributed by atoms with Crippen LogP contribution in [0.2, 0.25) is 5.02 Å². The highest BCUT2D eigenvalue weighted by atomic mass is 35.5. The third-order valence-corrected chi connectivity index (χ3v) is 6.46. The number of halogens is 4. The summed E-state index contributed by atoms with van der Waals surface area (Å²) < 4.78 is 42.3. The number of nitrogens with one attached hydrogen (secondary N) is 2. The number of H-pyrrole nitrogens is 1. The monoisotopic (exact) mass is 602 g/mol. The number of nitrogens with zero attached hydrogens (tertiary/aromatic N) is 8. The highest BCUT2D eigenvalue weighted by molar-refractivity contribution is 6.30. The Morgan fingerprint density at radius 3 is 2.55 bits per heavy atom. The summed E-state index contributed by atoms with van der Waals surface area (Å²) in [5, 5.41) is 28.1. The number of aryl methyl sites for hydroxylation is 2. The minimum absolute atomic E-state index is 0.0865. The van der Waals surface area contributed by atoms with Crippen molar-refractivity contribution in [2.75, 3.05) is 5.32 Å². The fourth-order valence-corrected chi connectivity index (χ4v) is 4.28. The number of amides is 1. The summed E-state index contributed by atoms with van der Waals surface area (Å²) in [6.07, 6.45) is -4.95. The molecular weight excluding hydrogens is 581 g/mol. The van der Waals surface area contributed by atoms with Gasteiger partial charge in [-0.25, -0.2) is 24.1 Å². The van der Waals surface area contributed by atoms with Gasteiger partial charge in [-0.15, -0.1) is 10.2 Å². The maximum Gasteiger partial charge on any atom is 0.416 e. The van der Waals surface area contributed by atoms with Crippen molar-refractivity contribution in [1.82, 2.24) is 44.3 Å². The van der Waals surface area contributed by atoms with Crippen LogP contribution in [0.1, 0.15) is 27.6 Å². The number of carbonyl (C=O) groups is 1. The molecule has 3 N–H and O–H groups in total. The normalized spacial score (nSPS) is 12.5. The van der Waals surface area contributed by atoms with Crippen LogP contribution in [0.15, 0.2) is 53.7 Å². The maximum atomic E-state index is 13.1. The van der Waals surface area contributed by atoms with E-state index in [1.54, 1.807) is 26.0 Å². The van der Waals surface area contributed by atoms with Crippen LogP contribution in [0.5, 0.6) is 0 Å². The SMILES string of the molecule is Cc1n[nH]c(C)c1C(=O)Nc1ncccc1-n1cnc(Cn2nc(-c3ccc(Cl)cc3)n(C[C@H](O)C(F)(F)F)c2=O)n1. The molecule has 0 bridgehead atoms. The van der Waals surface area contributed by atoms with E-state index in [9.17, 15) is 27.9 Å². The Morgan fingerprint density at radius 2 is 1.88 bits per heavy atom. The zero-order valence-electron chi connectivity index (χ0n) is 22.0. The average molecular weight is 603 g/mol. The van der Waals surface area contributed by atoms with Gasteiger partial charge in [-0.2, -0.15) is 18.3 Å². The van der Waals surface area contributed by atoms with Crippen molar-refractivity contribution in [3.05, 3.63) is 87.2 Å². The van der Waals surface area contributed by atoms with Crippen LogP contribution >= 0.6 is 11.6 Å². The van der Waals surface area contributed by atoms with Crippen LogP contribution < -0.4 is 11.0 Å². The van der Waals surface area contributed by atoms with Gasteiger partial charge in [-0.05, 0) is 50.2 Å². The van der Waals surface area contributed by atoms with Gasteiger partial charge in [0.1, 0.15) is 18.6 Å². The zero-order chi connectivity index (χ0) is 30.2. The lowest BCUT2D eigenvalue weighted by atomic mass is 10.2. The van der Waals surface area contributed by atoms with Crippen molar-refractivity contribution in [3.63, 3.8) is 0 Å². The zero-order valence-corrected chi connectivity index (χ0v) is 22.7. The lowest BCUT2D eigenvalue weighted by molar-refractivity contribution is -0.207. The van der Waals surface area contributed by atoms with E-state index in [1.165, 1.54) is 41.5 Å². The molecule has 0 radical (unpaired) electrons. The topological polar surface area (TPSA) is 161 Å². The van der Waals surface area contributed by atoms with Crippen LogP contribution in [0.3, 0.4) is 0 Å². The van der Waals surface area contributed by atoms with Gasteiger partial charge >= 0.3 is 11.9 Å². The number of alkyl halides is 3. The number of hydrogen-bond acceptors (Lipinski definition) is 8. The van der Waals surface area contributed by atoms with E-state index in [1.807, 2.05) is 0 Å². The maximum absolute atomic E-state index is 13.1. The molecule has 0 saturated carbocycles. The molecule has 0 aliphatic rings. The molecular formula is C25H22ClF3N10O3. The molecule has 1 amide bonds. The number of pyridine rings is 1. The Hall–Kier alpha value is -4.83. The molecule has 5 rings (SSSR count). The molecule has 0 aliphatic carbocycles. The average Bonchev–Trinajstić information content (AvgIpc) is 3.63. The summed E-state index contributed by atoms with van der Waals surface area (Å²) in [6.45, 7) is 2.02. The molecule has 218 valence electrons. The van der Waals surface area contributed by atoms with Gasteiger partial charge in [0.05, 0.1) is 17.8 Å². The molecule has 0 saturated heterocycles. The summed E-state index contributed by atoms with van der Waals surface area (Å²) in [5.41, 5.74) is 1.21. The second-order valence-corrected chi connectivity index (χ2v) is 9.61. The van der Waals surface area contributed by atoms with E-state index in [0.717, 1.165) is 9.25 Å². The van der Waals surface area contributed by atoms with Crippen molar-refractivity contribution >= 4 is 23.3 Å². The summed E-state index contributed by atoms with van der Waals surface area (Å²) in [6, 6.07) is 9.22. The highest BCUT2D eigenvalue weighted by Gasteiger charge is 2.39. The van der Waals surface area contributed by atoms with Gasteiger partial charge in [0.15, 0.2) is 23.6 Å². The first kappa shape index (κ1) is 28.7. The number of rotatable bonds is 8. The second kappa shape index (κ2) is 11.2. The lowest BCUT2D eigenvalue weighted by Gasteiger charge is -2.15. The van der Waals surface area contributed by atoms with Crippen LogP contribution in [0.4, 0.5) is 19.0 Å². The van der Waals surface area contributed by atoms with Crippen LogP contribution in [0, 0.1) is 13.8 Å². The Labute approximate surface area is 239 Å². The van der Waals surface area contributed by atoms with Gasteiger partial charge in [-0.3, -0.25) is 14.5 Å². The summed E-state index contributed by atoms with van der Waals surface area (Å²) in [5.74, 6) is -0.289. The van der Waals surface area contributed by atoms with Gasteiger partial charge < -0.3 is 10.4 Å². The second-order valence-electron chi connectivity index (χ2n) is 9.18. The lowest BCUT2D eigenvalue weighted by Crippen LogP contribution is -2.37. The first-order valence-electron chi connectivity index (χ1n) is 12.3. The van der Waals surface area contributed by atoms with E-state index in [0.29, 0.717) is 33.2 Å². The fraction of sp³-hybridized carbons (Fsp3) is 0.240. The molecule has 4 heterocycles. The number of aromatic amines is 1. The fourth-order valence-electron chi connectivity index (χ4n) is 4.15. The number of anilines is 1. The largest absolute Gasteiger partial charge is 0.416 e. The van der Waals surface area contributed by atoms with E-state index in [-0.39, 0.29) is 24.0 Å². The van der Waals surface area contributed by atoms with Crippen LogP contribution in [0.25, 0.3) is 17.1 Å². The summed E-state index contributed by atoms with van der Waals surface area (Å²) in [4.78, 5) is 34.5. The molecule has 0 fully saturated rings. The summed E-state index contributed by atoms with van der Waals surface area (Å²) in [7, 11) is 0. The Bertz CT molecular complexity index is 1790. The van der Waals surface area contributed by atoms with Gasteiger partial charge in [0.25, 0.3) is 5.91 Å². The third kappa shape index (κ3) is 5.80. The third-order valence-electron chi connectivity index (χ3n) is 6.21. The van der Waals surface area contributed by atoms with E-state index >= 15 is 0 Å². The molecule has 4 aromatic heterocycles. The van der Waals surface area contributed by atoms with Crippen LogP contribution in [-0.4, -0.2) is 67.6 Å². The minimum Gasteiger partial charge on any atom is -0.382 e. The van der Waals surface area contributed by atoms with Crippen LogP contribution in [-0.2, 0) is 13.1 Å². The molecule has 5 aromatic rings. The number of aliphatic hydroxyl groups excluding tert-OH is 1. The highest BCUT2D eigenvalue weighted by Crippen LogP contribution is 2.24. The molecule has 0 unspecified atom stereocenters. The molecule has 13 nitrogen and oxygen atoms in total. The van der Waals surface area contributed by atoms with Crippen molar-refractivity contribution in [2.24, 2.45) is 0 Å². The number of carbonyl (C=O) groups excluding carboxylic acids is 1. The quantitative estimate of drug-likeness (QED) is 0.244. The number of hydrogen-bond donors (Lipinski definition) is 3. The number of aromatic nitrogens is 9. The number of aliphatic hydroxyl groups is 1. The van der Waals surface area contributed by atoms with Gasteiger partial charge in [0, 0.05) is 22.5 Å². The predicted octanol–water partition coefficient (Wildman–Crippen LogP) is 2.90. The van der Waals surface area contributed by atoms with Crippen molar-refractivity contribution in [2.45, 2.75) is 39.2 Å². The van der Waals surface area contributed by atoms with Crippen molar-refractivity contribution < 1.29 is 23.1 Å². The first-order chi connectivity index (χ1) is 19.9. The molecule has 0 spiro atoms. The van der Waals surface area contributed by atoms with E-state index < -0.39 is 30.4 Å². The van der Waals surface area contributed by atoms with E-state index in [4.69, 9.17) is 11.6 Å². The van der Waals surface area contributed by atoms with Gasteiger partial charge in [0.2, 0.25) is 0 Å². The molecule has 1 atom stereocenters. The van der Waals surface area contributed by atoms with Gasteiger partial charge in [-0.1, -0.05) is 11.6 Å². The Kier molecular flexibility index (Phi) is 7.66.